The molecule has 6 heteroatoms. The number of benzene rings is 2. The van der Waals surface area contributed by atoms with E-state index < -0.39 is 11.6 Å². The molecule has 0 bridgehead atoms. The Morgan fingerprint density at radius 1 is 1.19 bits per heavy atom. The molecule has 1 N–H and O–H groups in total. The minimum atomic E-state index is -0.525. The third kappa shape index (κ3) is 2.65. The molecule has 1 aliphatic heterocycles. The zero-order valence-electron chi connectivity index (χ0n) is 10.8. The van der Waals surface area contributed by atoms with Crippen LogP contribution in [-0.2, 0) is 6.61 Å². The van der Waals surface area contributed by atoms with E-state index >= 15 is 0 Å². The number of hydrogen-bond donors (Lipinski definition) is 1. The first-order valence-corrected chi connectivity index (χ1v) is 6.22. The molecule has 0 saturated heterocycles. The van der Waals surface area contributed by atoms with Crippen LogP contribution in [0.25, 0.3) is 0 Å². The molecule has 21 heavy (non-hydrogen) atoms. The largest absolute Gasteiger partial charge is 0.489 e. The predicted molar refractivity (Wildman–Crippen MR) is 71.0 cm³/mol. The van der Waals surface area contributed by atoms with E-state index in [-0.39, 0.29) is 18.8 Å². The zero-order valence-corrected chi connectivity index (χ0v) is 10.8. The maximum atomic E-state index is 13.5. The molecule has 4 nitrogen and oxygen atoms in total. The summed E-state index contributed by atoms with van der Waals surface area (Å²) in [5.41, 5.74) is 1.25. The molecule has 0 aliphatic carbocycles. The van der Waals surface area contributed by atoms with E-state index in [0.29, 0.717) is 22.8 Å². The third-order valence-corrected chi connectivity index (χ3v) is 3.15. The van der Waals surface area contributed by atoms with Crippen LogP contribution in [0.5, 0.6) is 11.5 Å². The number of oxime groups is 1. The Labute approximate surface area is 119 Å². The molecule has 2 aromatic carbocycles. The van der Waals surface area contributed by atoms with Crippen molar-refractivity contribution in [3.63, 3.8) is 0 Å². The van der Waals surface area contributed by atoms with Crippen LogP contribution < -0.4 is 9.47 Å². The molecule has 1 heterocycles. The van der Waals surface area contributed by atoms with Crippen LogP contribution in [0.2, 0.25) is 0 Å². The third-order valence-electron chi connectivity index (χ3n) is 3.15. The van der Waals surface area contributed by atoms with E-state index in [4.69, 9.17) is 14.7 Å². The van der Waals surface area contributed by atoms with E-state index in [1.165, 1.54) is 0 Å². The summed E-state index contributed by atoms with van der Waals surface area (Å²) in [5.74, 6) is -0.0591. The first-order chi connectivity index (χ1) is 10.2. The SMILES string of the molecule is O/N=C1\COc2cc(OCc3cc(F)ccc3F)ccc21. The quantitative estimate of drug-likeness (QED) is 0.698. The van der Waals surface area contributed by atoms with Crippen molar-refractivity contribution in [2.75, 3.05) is 6.61 Å². The monoisotopic (exact) mass is 291 g/mol. The van der Waals surface area contributed by atoms with Crippen LogP contribution >= 0.6 is 0 Å². The lowest BCUT2D eigenvalue weighted by Crippen LogP contribution is -2.01. The molecule has 0 spiro atoms. The lowest BCUT2D eigenvalue weighted by atomic mass is 10.1. The summed E-state index contributed by atoms with van der Waals surface area (Å²) in [7, 11) is 0. The summed E-state index contributed by atoms with van der Waals surface area (Å²) in [6.07, 6.45) is 0. The van der Waals surface area contributed by atoms with Crippen LogP contribution in [0.15, 0.2) is 41.6 Å². The second-order valence-electron chi connectivity index (χ2n) is 4.52. The van der Waals surface area contributed by atoms with Gasteiger partial charge in [0.2, 0.25) is 0 Å². The highest BCUT2D eigenvalue weighted by molar-refractivity contribution is 6.05. The average Bonchev–Trinajstić information content (AvgIpc) is 2.90. The maximum Gasteiger partial charge on any atom is 0.134 e. The molecule has 0 radical (unpaired) electrons. The van der Waals surface area contributed by atoms with Gasteiger partial charge in [0.1, 0.15) is 42.1 Å². The fraction of sp³-hybridized carbons (Fsp3) is 0.133. The second-order valence-corrected chi connectivity index (χ2v) is 4.52. The molecule has 0 amide bonds. The van der Waals surface area contributed by atoms with Gasteiger partial charge in [-0.05, 0) is 30.3 Å². The molecular weight excluding hydrogens is 280 g/mol. The van der Waals surface area contributed by atoms with Crippen LogP contribution in [0.1, 0.15) is 11.1 Å². The standard InChI is InChI=1S/C15H11F2NO3/c16-10-1-4-13(17)9(5-10)7-20-11-2-3-12-14(18-19)8-21-15(12)6-11/h1-6,19H,7-8H2/b18-14+. The number of rotatable bonds is 3. The van der Waals surface area contributed by atoms with Crippen molar-refractivity contribution >= 4 is 5.71 Å². The van der Waals surface area contributed by atoms with Crippen molar-refractivity contribution in [1.29, 1.82) is 0 Å². The molecule has 2 aromatic rings. The number of halogens is 2. The molecular formula is C15H11F2NO3. The van der Waals surface area contributed by atoms with Crippen LogP contribution in [0, 0.1) is 11.6 Å². The zero-order chi connectivity index (χ0) is 14.8. The Kier molecular flexibility index (Phi) is 3.43. The van der Waals surface area contributed by atoms with Gasteiger partial charge in [-0.15, -0.1) is 0 Å². The lowest BCUT2D eigenvalue weighted by molar-refractivity contribution is 0.296. The maximum absolute atomic E-state index is 13.5. The Morgan fingerprint density at radius 2 is 2.05 bits per heavy atom. The molecule has 3 rings (SSSR count). The fourth-order valence-electron chi connectivity index (χ4n) is 2.07. The second kappa shape index (κ2) is 5.40. The molecule has 0 fully saturated rings. The van der Waals surface area contributed by atoms with Gasteiger partial charge in [-0.3, -0.25) is 0 Å². The Hall–Kier alpha value is -2.63. The highest BCUT2D eigenvalue weighted by Crippen LogP contribution is 2.30. The number of ether oxygens (including phenoxy) is 2. The van der Waals surface area contributed by atoms with Crippen molar-refractivity contribution in [2.45, 2.75) is 6.61 Å². The summed E-state index contributed by atoms with van der Waals surface area (Å²) in [4.78, 5) is 0. The molecule has 0 saturated carbocycles. The van der Waals surface area contributed by atoms with Crippen molar-refractivity contribution in [3.05, 3.63) is 59.2 Å². The van der Waals surface area contributed by atoms with E-state index in [2.05, 4.69) is 5.16 Å². The highest BCUT2D eigenvalue weighted by Gasteiger charge is 2.20. The Morgan fingerprint density at radius 3 is 2.86 bits per heavy atom. The van der Waals surface area contributed by atoms with Gasteiger partial charge in [0, 0.05) is 17.2 Å². The van der Waals surface area contributed by atoms with Gasteiger partial charge >= 0.3 is 0 Å². The molecule has 108 valence electrons. The molecule has 1 aliphatic rings. The first-order valence-electron chi connectivity index (χ1n) is 6.22. The van der Waals surface area contributed by atoms with Crippen LogP contribution in [-0.4, -0.2) is 17.5 Å². The highest BCUT2D eigenvalue weighted by atomic mass is 19.1. The van der Waals surface area contributed by atoms with Crippen LogP contribution in [0.3, 0.4) is 0 Å². The van der Waals surface area contributed by atoms with Crippen molar-refractivity contribution < 1.29 is 23.5 Å². The number of nitrogens with zero attached hydrogens (tertiary/aromatic N) is 1. The topological polar surface area (TPSA) is 51.1 Å². The first kappa shape index (κ1) is 13.4. The summed E-state index contributed by atoms with van der Waals surface area (Å²) >= 11 is 0. The molecule has 0 atom stereocenters. The average molecular weight is 291 g/mol. The van der Waals surface area contributed by atoms with E-state index in [1.54, 1.807) is 18.2 Å². The van der Waals surface area contributed by atoms with Gasteiger partial charge in [0.15, 0.2) is 0 Å². The summed E-state index contributed by atoms with van der Waals surface area (Å²) in [5, 5.41) is 11.9. The lowest BCUT2D eigenvalue weighted by Gasteiger charge is -2.08. The Bertz CT molecular complexity index is 716. The summed E-state index contributed by atoms with van der Waals surface area (Å²) < 4.78 is 37.3. The van der Waals surface area contributed by atoms with Gasteiger partial charge < -0.3 is 14.7 Å². The van der Waals surface area contributed by atoms with Crippen molar-refractivity contribution in [2.24, 2.45) is 5.16 Å². The minimum absolute atomic E-state index is 0.0939. The molecule has 0 unspecified atom stereocenters. The van der Waals surface area contributed by atoms with E-state index in [1.807, 2.05) is 0 Å². The normalized spacial score (nSPS) is 14.9. The van der Waals surface area contributed by atoms with Gasteiger partial charge in [0.05, 0.1) is 0 Å². The number of fused-ring (bicyclic) bond motifs is 1. The van der Waals surface area contributed by atoms with E-state index in [9.17, 15) is 8.78 Å². The van der Waals surface area contributed by atoms with E-state index in [0.717, 1.165) is 18.2 Å². The fourth-order valence-corrected chi connectivity index (χ4v) is 2.07. The van der Waals surface area contributed by atoms with Crippen LogP contribution in [0.4, 0.5) is 8.78 Å². The summed E-state index contributed by atoms with van der Waals surface area (Å²) in [6.45, 7) is 0.0944. The van der Waals surface area contributed by atoms with Crippen molar-refractivity contribution in [3.8, 4) is 11.5 Å². The predicted octanol–water partition coefficient (Wildman–Crippen LogP) is 3.11. The van der Waals surface area contributed by atoms with Gasteiger partial charge in [-0.25, -0.2) is 8.78 Å². The van der Waals surface area contributed by atoms with Gasteiger partial charge in [-0.2, -0.15) is 0 Å². The minimum Gasteiger partial charge on any atom is -0.489 e. The summed E-state index contributed by atoms with van der Waals surface area (Å²) in [6, 6.07) is 8.16. The van der Waals surface area contributed by atoms with Gasteiger partial charge in [-0.1, -0.05) is 5.16 Å². The van der Waals surface area contributed by atoms with Crippen molar-refractivity contribution in [1.82, 2.24) is 0 Å². The van der Waals surface area contributed by atoms with Gasteiger partial charge in [0.25, 0.3) is 0 Å². The number of hydrogen-bond acceptors (Lipinski definition) is 4. The molecule has 0 aromatic heterocycles. The smallest absolute Gasteiger partial charge is 0.134 e. The Balaban J connectivity index is 1.76.